The van der Waals surface area contributed by atoms with Gasteiger partial charge in [-0.15, -0.1) is 0 Å². The first kappa shape index (κ1) is 13.9. The molecule has 0 aliphatic rings. The highest BCUT2D eigenvalue weighted by molar-refractivity contribution is 9.10. The number of ether oxygens (including phenoxy) is 1. The fraction of sp³-hybridized carbons (Fsp3) is 0.308. The van der Waals surface area contributed by atoms with Crippen molar-refractivity contribution in [3.8, 4) is 5.69 Å². The number of benzene rings is 1. The minimum atomic E-state index is -0.221. The third kappa shape index (κ3) is 2.33. The molecule has 0 unspecified atom stereocenters. The number of nitrogens with zero attached hydrogens (tertiary/aromatic N) is 2. The minimum absolute atomic E-state index is 0.221. The van der Waals surface area contributed by atoms with Gasteiger partial charge in [0.1, 0.15) is 5.69 Å². The van der Waals surface area contributed by atoms with Gasteiger partial charge in [0.2, 0.25) is 0 Å². The van der Waals surface area contributed by atoms with Crippen LogP contribution in [0.15, 0.2) is 33.5 Å². The van der Waals surface area contributed by atoms with E-state index < -0.39 is 0 Å². The molecule has 0 amide bonds. The summed E-state index contributed by atoms with van der Waals surface area (Å²) in [5, 5.41) is 0. The molecule has 0 bridgehead atoms. The number of para-hydroxylation sites is 1. The van der Waals surface area contributed by atoms with Crippen molar-refractivity contribution in [3.05, 3.63) is 44.8 Å². The van der Waals surface area contributed by atoms with Gasteiger partial charge in [-0.05, 0) is 35.0 Å². The first-order valence-corrected chi connectivity index (χ1v) is 6.75. The Labute approximate surface area is 119 Å². The van der Waals surface area contributed by atoms with Crippen LogP contribution in [0.2, 0.25) is 0 Å². The van der Waals surface area contributed by atoms with Crippen LogP contribution in [0.3, 0.4) is 0 Å². The SMILES string of the molecule is CCn1c(COC)c(N)c(=O)n1-c1ccccc1Br. The molecule has 0 radical (unpaired) electrons. The van der Waals surface area contributed by atoms with E-state index in [0.717, 1.165) is 10.2 Å². The lowest BCUT2D eigenvalue weighted by atomic mass is 10.3. The van der Waals surface area contributed by atoms with Crippen molar-refractivity contribution in [2.24, 2.45) is 0 Å². The van der Waals surface area contributed by atoms with E-state index in [1.807, 2.05) is 35.9 Å². The van der Waals surface area contributed by atoms with Gasteiger partial charge >= 0.3 is 0 Å². The summed E-state index contributed by atoms with van der Waals surface area (Å²) in [5.74, 6) is 0. The van der Waals surface area contributed by atoms with E-state index in [1.165, 1.54) is 0 Å². The van der Waals surface area contributed by atoms with E-state index in [9.17, 15) is 4.79 Å². The Kier molecular flexibility index (Phi) is 4.11. The number of methoxy groups -OCH3 is 1. The summed E-state index contributed by atoms with van der Waals surface area (Å²) in [6, 6.07) is 7.54. The third-order valence-electron chi connectivity index (χ3n) is 2.95. The molecular weight excluding hydrogens is 310 g/mol. The van der Waals surface area contributed by atoms with Gasteiger partial charge in [-0.1, -0.05) is 12.1 Å². The second-order valence-corrected chi connectivity index (χ2v) is 4.93. The first-order chi connectivity index (χ1) is 9.11. The molecule has 0 saturated carbocycles. The molecule has 1 aromatic carbocycles. The molecule has 1 heterocycles. The van der Waals surface area contributed by atoms with E-state index in [4.69, 9.17) is 10.5 Å². The molecule has 0 fully saturated rings. The van der Waals surface area contributed by atoms with Gasteiger partial charge in [-0.2, -0.15) is 0 Å². The number of hydrogen-bond donors (Lipinski definition) is 1. The molecule has 2 rings (SSSR count). The zero-order chi connectivity index (χ0) is 14.0. The molecule has 19 heavy (non-hydrogen) atoms. The van der Waals surface area contributed by atoms with Crippen molar-refractivity contribution in [2.75, 3.05) is 12.8 Å². The first-order valence-electron chi connectivity index (χ1n) is 5.95. The summed E-state index contributed by atoms with van der Waals surface area (Å²) in [7, 11) is 1.58. The lowest BCUT2D eigenvalue weighted by Gasteiger charge is -2.13. The van der Waals surface area contributed by atoms with Crippen molar-refractivity contribution in [3.63, 3.8) is 0 Å². The molecule has 0 aliphatic heterocycles. The Bertz CT molecular complexity index is 646. The molecule has 0 saturated heterocycles. The molecule has 0 spiro atoms. The number of rotatable bonds is 4. The molecule has 2 aromatic rings. The Morgan fingerprint density at radius 2 is 2.05 bits per heavy atom. The fourth-order valence-electron chi connectivity index (χ4n) is 2.09. The average molecular weight is 326 g/mol. The third-order valence-corrected chi connectivity index (χ3v) is 3.62. The van der Waals surface area contributed by atoms with Crippen molar-refractivity contribution in [1.82, 2.24) is 9.36 Å². The van der Waals surface area contributed by atoms with Crippen LogP contribution in [-0.2, 0) is 17.9 Å². The number of halogens is 1. The normalized spacial score (nSPS) is 10.9. The quantitative estimate of drug-likeness (QED) is 0.936. The second kappa shape index (κ2) is 5.63. The summed E-state index contributed by atoms with van der Waals surface area (Å²) >= 11 is 3.46. The Morgan fingerprint density at radius 3 is 2.63 bits per heavy atom. The van der Waals surface area contributed by atoms with E-state index in [-0.39, 0.29) is 11.2 Å². The number of anilines is 1. The summed E-state index contributed by atoms with van der Waals surface area (Å²) in [6.45, 7) is 2.91. The van der Waals surface area contributed by atoms with Crippen LogP contribution in [0, 0.1) is 0 Å². The Hall–Kier alpha value is -1.53. The molecule has 0 aliphatic carbocycles. The zero-order valence-corrected chi connectivity index (χ0v) is 12.5. The van der Waals surface area contributed by atoms with Crippen molar-refractivity contribution in [1.29, 1.82) is 0 Å². The summed E-state index contributed by atoms with van der Waals surface area (Å²) < 4.78 is 9.37. The van der Waals surface area contributed by atoms with E-state index in [0.29, 0.717) is 18.8 Å². The van der Waals surface area contributed by atoms with E-state index in [1.54, 1.807) is 11.8 Å². The van der Waals surface area contributed by atoms with Crippen LogP contribution in [-0.4, -0.2) is 16.5 Å². The number of hydrogen-bond acceptors (Lipinski definition) is 3. The van der Waals surface area contributed by atoms with Crippen molar-refractivity contribution in [2.45, 2.75) is 20.1 Å². The van der Waals surface area contributed by atoms with Gasteiger partial charge in [0, 0.05) is 18.1 Å². The predicted octanol–water partition coefficient (Wildman–Crippen LogP) is 2.15. The standard InChI is InChI=1S/C13H16BrN3O2/c1-3-16-11(8-19-2)12(15)13(18)17(16)10-7-5-4-6-9(10)14/h4-7H,3,8,15H2,1-2H3. The predicted molar refractivity (Wildman–Crippen MR) is 78.5 cm³/mol. The molecular formula is C13H16BrN3O2. The lowest BCUT2D eigenvalue weighted by molar-refractivity contribution is 0.176. The largest absolute Gasteiger partial charge is 0.393 e. The molecule has 5 nitrogen and oxygen atoms in total. The van der Waals surface area contributed by atoms with Crippen LogP contribution >= 0.6 is 15.9 Å². The Morgan fingerprint density at radius 1 is 1.37 bits per heavy atom. The summed E-state index contributed by atoms with van der Waals surface area (Å²) in [4.78, 5) is 12.3. The van der Waals surface area contributed by atoms with Gasteiger partial charge in [0.05, 0.1) is 18.0 Å². The van der Waals surface area contributed by atoms with E-state index in [2.05, 4.69) is 15.9 Å². The molecule has 6 heteroatoms. The molecule has 102 valence electrons. The fourth-order valence-corrected chi connectivity index (χ4v) is 2.54. The maximum atomic E-state index is 12.3. The minimum Gasteiger partial charge on any atom is -0.393 e. The van der Waals surface area contributed by atoms with Gasteiger partial charge < -0.3 is 10.5 Å². The highest BCUT2D eigenvalue weighted by atomic mass is 79.9. The molecule has 2 N–H and O–H groups in total. The zero-order valence-electron chi connectivity index (χ0n) is 10.9. The average Bonchev–Trinajstić information content (AvgIpc) is 2.64. The van der Waals surface area contributed by atoms with Gasteiger partial charge in [0.25, 0.3) is 5.56 Å². The number of aromatic nitrogens is 2. The molecule has 1 aromatic heterocycles. The summed E-state index contributed by atoms with van der Waals surface area (Å²) in [6.07, 6.45) is 0. The van der Waals surface area contributed by atoms with Crippen LogP contribution in [0.1, 0.15) is 12.6 Å². The number of nitrogen functional groups attached to an aromatic ring is 1. The summed E-state index contributed by atoms with van der Waals surface area (Å²) in [5.41, 5.74) is 7.38. The van der Waals surface area contributed by atoms with Crippen molar-refractivity contribution < 1.29 is 4.74 Å². The maximum absolute atomic E-state index is 12.3. The van der Waals surface area contributed by atoms with Crippen LogP contribution in [0.25, 0.3) is 5.69 Å². The van der Waals surface area contributed by atoms with Gasteiger partial charge in [-0.25, -0.2) is 4.68 Å². The topological polar surface area (TPSA) is 62.2 Å². The van der Waals surface area contributed by atoms with Crippen LogP contribution in [0.4, 0.5) is 5.69 Å². The van der Waals surface area contributed by atoms with Gasteiger partial charge in [0.15, 0.2) is 0 Å². The maximum Gasteiger partial charge on any atom is 0.294 e. The smallest absolute Gasteiger partial charge is 0.294 e. The highest BCUT2D eigenvalue weighted by Gasteiger charge is 2.18. The number of nitrogens with two attached hydrogens (primary N) is 1. The second-order valence-electron chi connectivity index (χ2n) is 4.08. The Balaban J connectivity index is 2.74. The van der Waals surface area contributed by atoms with Crippen LogP contribution in [0.5, 0.6) is 0 Å². The van der Waals surface area contributed by atoms with Gasteiger partial charge in [-0.3, -0.25) is 9.48 Å². The highest BCUT2D eigenvalue weighted by Crippen LogP contribution is 2.21. The monoisotopic (exact) mass is 325 g/mol. The van der Waals surface area contributed by atoms with Crippen molar-refractivity contribution >= 4 is 21.6 Å². The van der Waals surface area contributed by atoms with Crippen LogP contribution < -0.4 is 11.3 Å². The van der Waals surface area contributed by atoms with E-state index >= 15 is 0 Å². The lowest BCUT2D eigenvalue weighted by Crippen LogP contribution is -2.22. The molecule has 0 atom stereocenters.